The van der Waals surface area contributed by atoms with Crippen molar-refractivity contribution >= 4 is 17.9 Å². The maximum absolute atomic E-state index is 13.0. The van der Waals surface area contributed by atoms with E-state index in [0.717, 1.165) is 109 Å². The molecular formula is C57H100O11. The fourth-order valence-electron chi connectivity index (χ4n) is 10.4. The van der Waals surface area contributed by atoms with Gasteiger partial charge in [-0.25, -0.2) is 0 Å². The van der Waals surface area contributed by atoms with Crippen molar-refractivity contribution in [1.29, 1.82) is 0 Å². The van der Waals surface area contributed by atoms with E-state index >= 15 is 0 Å². The first-order valence-electron chi connectivity index (χ1n) is 29.1. The lowest BCUT2D eigenvalue weighted by atomic mass is 10.0. The molecule has 5 heterocycles. The number of carbonyl (C=O) groups is 3. The predicted octanol–water partition coefficient (Wildman–Crippen LogP) is 13.7. The number of ether oxygens (including phenoxy) is 8. The molecule has 0 amide bonds. The monoisotopic (exact) mass is 961 g/mol. The Morgan fingerprint density at radius 2 is 0.588 bits per heavy atom. The molecule has 0 aromatic rings. The molecule has 0 radical (unpaired) electrons. The largest absolute Gasteiger partial charge is 0.462 e. The van der Waals surface area contributed by atoms with Crippen LogP contribution in [0.1, 0.15) is 265 Å². The van der Waals surface area contributed by atoms with Crippen LogP contribution in [0.5, 0.6) is 0 Å². The van der Waals surface area contributed by atoms with E-state index in [1.807, 2.05) is 0 Å². The molecule has 5 saturated heterocycles. The smallest absolute Gasteiger partial charge is 0.306 e. The van der Waals surface area contributed by atoms with Crippen molar-refractivity contribution in [3.05, 3.63) is 0 Å². The molecular weight excluding hydrogens is 861 g/mol. The van der Waals surface area contributed by atoms with E-state index in [4.69, 9.17) is 37.9 Å². The van der Waals surface area contributed by atoms with E-state index in [9.17, 15) is 14.4 Å². The summed E-state index contributed by atoms with van der Waals surface area (Å²) in [6.45, 7) is 6.51. The van der Waals surface area contributed by atoms with Gasteiger partial charge in [0.05, 0.1) is 61.0 Å². The highest BCUT2D eigenvalue weighted by molar-refractivity contribution is 5.71. The minimum absolute atomic E-state index is 0.110. The predicted molar refractivity (Wildman–Crippen MR) is 268 cm³/mol. The molecule has 11 heteroatoms. The molecule has 5 aliphatic heterocycles. The van der Waals surface area contributed by atoms with Crippen molar-refractivity contribution in [2.24, 2.45) is 0 Å². The van der Waals surface area contributed by atoms with Crippen LogP contribution in [-0.4, -0.2) is 98.3 Å². The molecule has 11 atom stereocenters. The quantitative estimate of drug-likeness (QED) is 0.0249. The van der Waals surface area contributed by atoms with Gasteiger partial charge in [-0.1, -0.05) is 156 Å². The van der Waals surface area contributed by atoms with Gasteiger partial charge in [-0.15, -0.1) is 0 Å². The second-order valence-electron chi connectivity index (χ2n) is 21.5. The van der Waals surface area contributed by atoms with Gasteiger partial charge in [0.2, 0.25) is 0 Å². The summed E-state index contributed by atoms with van der Waals surface area (Å²) in [6, 6.07) is 0. The highest BCUT2D eigenvalue weighted by Crippen LogP contribution is 2.38. The Kier molecular flexibility index (Phi) is 29.0. The van der Waals surface area contributed by atoms with Crippen molar-refractivity contribution in [3.8, 4) is 0 Å². The molecule has 394 valence electrons. The molecule has 0 N–H and O–H groups in total. The lowest BCUT2D eigenvalue weighted by molar-refractivity contribution is -0.167. The Hall–Kier alpha value is -1.79. The minimum Gasteiger partial charge on any atom is -0.462 e. The third kappa shape index (κ3) is 26.6. The molecule has 5 rings (SSSR count). The third-order valence-electron chi connectivity index (χ3n) is 15.2. The van der Waals surface area contributed by atoms with Crippen LogP contribution >= 0.6 is 0 Å². The van der Waals surface area contributed by atoms with Crippen LogP contribution in [0.15, 0.2) is 0 Å². The van der Waals surface area contributed by atoms with Crippen LogP contribution in [0.4, 0.5) is 0 Å². The van der Waals surface area contributed by atoms with E-state index in [2.05, 4.69) is 20.8 Å². The summed E-state index contributed by atoms with van der Waals surface area (Å²) in [6.07, 6.45) is 44.4. The van der Waals surface area contributed by atoms with Gasteiger partial charge in [0.1, 0.15) is 13.2 Å². The Labute approximate surface area is 414 Å². The molecule has 5 aliphatic rings. The minimum atomic E-state index is -0.819. The van der Waals surface area contributed by atoms with Gasteiger partial charge in [-0.2, -0.15) is 0 Å². The van der Waals surface area contributed by atoms with Gasteiger partial charge in [0.15, 0.2) is 6.10 Å². The maximum atomic E-state index is 13.0. The van der Waals surface area contributed by atoms with Crippen molar-refractivity contribution in [2.45, 2.75) is 332 Å². The first-order chi connectivity index (χ1) is 33.4. The number of esters is 3. The van der Waals surface area contributed by atoms with Crippen molar-refractivity contribution in [3.63, 3.8) is 0 Å². The normalized spacial score (nSPS) is 26.9. The van der Waals surface area contributed by atoms with Crippen LogP contribution in [0.3, 0.4) is 0 Å². The zero-order valence-electron chi connectivity index (χ0n) is 43.6. The van der Waals surface area contributed by atoms with E-state index < -0.39 is 6.10 Å². The van der Waals surface area contributed by atoms with Crippen molar-refractivity contribution < 1.29 is 52.3 Å². The summed E-state index contributed by atoms with van der Waals surface area (Å²) in [4.78, 5) is 38.4. The van der Waals surface area contributed by atoms with E-state index in [-0.39, 0.29) is 37.5 Å². The SMILES string of the molecule is CCCCCCCCCC1OC1CCCCCCC(=O)OCC(COC(=O)CCCCCCCCC1OC1CCC1OC1CCC)OC(=O)CCCCC1OC1CCCC1OC1CCCCCC. The fraction of sp³-hybridized carbons (Fsp3) is 0.947. The number of hydrogen-bond acceptors (Lipinski definition) is 11. The molecule has 0 aliphatic carbocycles. The van der Waals surface area contributed by atoms with Crippen LogP contribution in [0.25, 0.3) is 0 Å². The second kappa shape index (κ2) is 34.6. The van der Waals surface area contributed by atoms with E-state index in [1.165, 1.54) is 109 Å². The average Bonchev–Trinajstić information content (AvgIpc) is 4.06. The summed E-state index contributed by atoms with van der Waals surface area (Å²) < 4.78 is 46.3. The van der Waals surface area contributed by atoms with Gasteiger partial charge < -0.3 is 37.9 Å². The topological polar surface area (TPSA) is 142 Å². The van der Waals surface area contributed by atoms with Gasteiger partial charge >= 0.3 is 17.9 Å². The summed E-state index contributed by atoms with van der Waals surface area (Å²) in [5.41, 5.74) is 0. The first-order valence-corrected chi connectivity index (χ1v) is 29.1. The second-order valence-corrected chi connectivity index (χ2v) is 21.5. The molecule has 0 aromatic heterocycles. The Bertz CT molecular complexity index is 1340. The number of unbranched alkanes of at least 4 members (excludes halogenated alkanes) is 18. The summed E-state index contributed by atoms with van der Waals surface area (Å²) in [5.74, 6) is -0.971. The average molecular weight is 961 g/mol. The van der Waals surface area contributed by atoms with Gasteiger partial charge in [-0.05, 0) is 89.9 Å². The van der Waals surface area contributed by atoms with Crippen LogP contribution in [0.2, 0.25) is 0 Å². The zero-order valence-corrected chi connectivity index (χ0v) is 43.6. The molecule has 0 bridgehead atoms. The number of hydrogen-bond donors (Lipinski definition) is 0. The van der Waals surface area contributed by atoms with Crippen LogP contribution in [-0.2, 0) is 52.3 Å². The Morgan fingerprint density at radius 1 is 0.309 bits per heavy atom. The molecule has 5 fully saturated rings. The Morgan fingerprint density at radius 3 is 0.985 bits per heavy atom. The highest BCUT2D eigenvalue weighted by Gasteiger charge is 2.43. The van der Waals surface area contributed by atoms with Gasteiger partial charge in [0.25, 0.3) is 0 Å². The standard InChI is InChI=1S/C57H100O11/c1-4-7-9-11-12-15-21-31-46-47(65-46)32-23-18-19-25-38-56(59)62-43-44(63-57(60)39-27-26-34-49-52(67-49)36-28-35-51-48(66-51)30-20-10-8-5-2)42-61-55(58)37-24-17-14-13-16-22-33-50-54(68-50)41-40-53-45(64-53)29-6-3/h44-54H,4-43H2,1-3H3. The van der Waals surface area contributed by atoms with Gasteiger partial charge in [0, 0.05) is 19.3 Å². The summed E-state index contributed by atoms with van der Waals surface area (Å²) in [7, 11) is 0. The van der Waals surface area contributed by atoms with Gasteiger partial charge in [-0.3, -0.25) is 14.4 Å². The first kappa shape index (κ1) is 57.1. The molecule has 11 nitrogen and oxygen atoms in total. The van der Waals surface area contributed by atoms with Crippen molar-refractivity contribution in [2.75, 3.05) is 13.2 Å². The molecule has 0 spiro atoms. The highest BCUT2D eigenvalue weighted by atomic mass is 16.6. The lowest BCUT2D eigenvalue weighted by Crippen LogP contribution is -2.30. The molecule has 11 unspecified atom stereocenters. The summed E-state index contributed by atoms with van der Waals surface area (Å²) in [5, 5.41) is 0. The third-order valence-corrected chi connectivity index (χ3v) is 15.2. The number of carbonyl (C=O) groups excluding carboxylic acids is 3. The van der Waals surface area contributed by atoms with E-state index in [0.29, 0.717) is 80.3 Å². The Balaban J connectivity index is 0.870. The number of epoxide rings is 5. The van der Waals surface area contributed by atoms with Crippen molar-refractivity contribution in [1.82, 2.24) is 0 Å². The molecule has 0 saturated carbocycles. The van der Waals surface area contributed by atoms with Crippen LogP contribution < -0.4 is 0 Å². The molecule has 68 heavy (non-hydrogen) atoms. The van der Waals surface area contributed by atoms with Crippen LogP contribution in [0, 0.1) is 0 Å². The maximum Gasteiger partial charge on any atom is 0.306 e. The number of rotatable bonds is 48. The fourth-order valence-corrected chi connectivity index (χ4v) is 10.4. The molecule has 0 aromatic carbocycles. The lowest BCUT2D eigenvalue weighted by Gasteiger charge is -2.18. The zero-order chi connectivity index (χ0) is 48.0. The summed E-state index contributed by atoms with van der Waals surface area (Å²) >= 11 is 0. The van der Waals surface area contributed by atoms with E-state index in [1.54, 1.807) is 0 Å².